The van der Waals surface area contributed by atoms with Gasteiger partial charge in [0.05, 0.1) is 6.42 Å². The van der Waals surface area contributed by atoms with Crippen molar-refractivity contribution in [3.05, 3.63) is 59.7 Å². The number of carbonyl (C=O) groups excluding carboxylic acids is 2. The fourth-order valence-corrected chi connectivity index (χ4v) is 4.50. The lowest BCUT2D eigenvalue weighted by molar-refractivity contribution is -0.138. The normalized spacial score (nSPS) is 16.3. The summed E-state index contributed by atoms with van der Waals surface area (Å²) in [4.78, 5) is 36.2. The zero-order valence-electron chi connectivity index (χ0n) is 18.4. The quantitative estimate of drug-likeness (QED) is 0.486. The molecule has 34 heavy (non-hydrogen) atoms. The van der Waals surface area contributed by atoms with E-state index in [0.717, 1.165) is 35.1 Å². The molecular formula is C25H26F2N2O5. The molecule has 3 N–H and O–H groups in total. The van der Waals surface area contributed by atoms with E-state index in [1.54, 1.807) is 0 Å². The number of hydrogen-bond acceptors (Lipinski definition) is 4. The number of halogens is 2. The Bertz CT molecular complexity index is 1030. The Balaban J connectivity index is 1.40. The molecule has 2 unspecified atom stereocenters. The van der Waals surface area contributed by atoms with Crippen molar-refractivity contribution in [3.63, 3.8) is 0 Å². The summed E-state index contributed by atoms with van der Waals surface area (Å²) >= 11 is 0. The lowest BCUT2D eigenvalue weighted by Crippen LogP contribution is -2.51. The zero-order valence-corrected chi connectivity index (χ0v) is 18.4. The Morgan fingerprint density at radius 3 is 2.09 bits per heavy atom. The van der Waals surface area contributed by atoms with E-state index in [-0.39, 0.29) is 24.9 Å². The van der Waals surface area contributed by atoms with Gasteiger partial charge in [-0.1, -0.05) is 48.5 Å². The largest absolute Gasteiger partial charge is 0.481 e. The van der Waals surface area contributed by atoms with Crippen molar-refractivity contribution < 1.29 is 33.0 Å². The topological polar surface area (TPSA) is 105 Å². The van der Waals surface area contributed by atoms with E-state index in [2.05, 4.69) is 10.6 Å². The van der Waals surface area contributed by atoms with Crippen molar-refractivity contribution in [1.82, 2.24) is 10.6 Å². The molecule has 0 spiro atoms. The molecule has 0 saturated heterocycles. The number of carboxylic acids is 1. The molecule has 1 fully saturated rings. The predicted molar refractivity (Wildman–Crippen MR) is 120 cm³/mol. The lowest BCUT2D eigenvalue weighted by Gasteiger charge is -2.23. The number of hydrogen-bond donors (Lipinski definition) is 3. The predicted octanol–water partition coefficient (Wildman–Crippen LogP) is 3.92. The summed E-state index contributed by atoms with van der Waals surface area (Å²) < 4.78 is 31.6. The van der Waals surface area contributed by atoms with Gasteiger partial charge in [0, 0.05) is 18.4 Å². The minimum absolute atomic E-state index is 0.00158. The lowest BCUT2D eigenvalue weighted by atomic mass is 9.98. The highest BCUT2D eigenvalue weighted by Gasteiger charge is 2.36. The van der Waals surface area contributed by atoms with Crippen LogP contribution in [0, 0.1) is 5.92 Å². The van der Waals surface area contributed by atoms with Gasteiger partial charge in [0.25, 0.3) is 0 Å². The smallest absolute Gasteiger partial charge is 0.407 e. The van der Waals surface area contributed by atoms with Crippen LogP contribution in [0.1, 0.15) is 42.7 Å². The number of alkyl halides is 2. The van der Waals surface area contributed by atoms with Gasteiger partial charge >= 0.3 is 12.1 Å². The van der Waals surface area contributed by atoms with Gasteiger partial charge in [0.2, 0.25) is 12.3 Å². The third-order valence-electron chi connectivity index (χ3n) is 6.28. The third kappa shape index (κ3) is 5.52. The fraction of sp³-hybridized carbons (Fsp3) is 0.400. The first kappa shape index (κ1) is 23.7. The van der Waals surface area contributed by atoms with Gasteiger partial charge < -0.3 is 20.5 Å². The van der Waals surface area contributed by atoms with E-state index in [4.69, 9.17) is 9.84 Å². The van der Waals surface area contributed by atoms with Crippen LogP contribution in [0.3, 0.4) is 0 Å². The summed E-state index contributed by atoms with van der Waals surface area (Å²) in [5, 5.41) is 13.8. The van der Waals surface area contributed by atoms with Crippen LogP contribution in [-0.2, 0) is 14.3 Å². The van der Waals surface area contributed by atoms with Crippen molar-refractivity contribution in [2.45, 2.75) is 50.1 Å². The number of aliphatic carboxylic acids is 1. The minimum atomic E-state index is -2.84. The van der Waals surface area contributed by atoms with Crippen LogP contribution in [0.4, 0.5) is 13.6 Å². The van der Waals surface area contributed by atoms with Gasteiger partial charge in [-0.05, 0) is 41.0 Å². The fourth-order valence-electron chi connectivity index (χ4n) is 4.50. The summed E-state index contributed by atoms with van der Waals surface area (Å²) in [6.45, 7) is -0.0212. The second kappa shape index (κ2) is 10.2. The van der Waals surface area contributed by atoms with Gasteiger partial charge in [-0.3, -0.25) is 9.59 Å². The molecule has 4 rings (SSSR count). The molecule has 0 bridgehead atoms. The standard InChI is InChI=1S/C25H26F2N2O5/c26-22(27)11-21(24(32)28-20(12-23(30)31)14-9-10-14)29-25(33)34-13-19-17-7-3-1-5-15(17)16-6-2-4-8-18(16)19/h1-8,14,19-22H,9-13H2,(H,28,32)(H,29,33)(H,30,31). The molecule has 2 amide bonds. The average molecular weight is 472 g/mol. The molecule has 2 aliphatic rings. The Hall–Kier alpha value is -3.49. The number of carboxylic acid groups (broad SMARTS) is 1. The summed E-state index contributed by atoms with van der Waals surface area (Å²) in [5.74, 6) is -2.14. The summed E-state index contributed by atoms with van der Waals surface area (Å²) in [6, 6.07) is 13.3. The number of ether oxygens (including phenoxy) is 1. The van der Waals surface area contributed by atoms with Crippen LogP contribution >= 0.6 is 0 Å². The number of rotatable bonds is 10. The van der Waals surface area contributed by atoms with E-state index in [9.17, 15) is 23.2 Å². The molecule has 2 aromatic rings. The highest BCUT2D eigenvalue weighted by Crippen LogP contribution is 2.44. The van der Waals surface area contributed by atoms with Crippen molar-refractivity contribution >= 4 is 18.0 Å². The molecule has 2 aromatic carbocycles. The van der Waals surface area contributed by atoms with Crippen molar-refractivity contribution in [2.24, 2.45) is 5.92 Å². The highest BCUT2D eigenvalue weighted by molar-refractivity contribution is 5.86. The van der Waals surface area contributed by atoms with Crippen molar-refractivity contribution in [1.29, 1.82) is 0 Å². The Labute approximate surface area is 195 Å². The first-order chi connectivity index (χ1) is 16.3. The molecule has 0 aliphatic heterocycles. The van der Waals surface area contributed by atoms with E-state index in [1.807, 2.05) is 48.5 Å². The number of fused-ring (bicyclic) bond motifs is 3. The Kier molecular flexibility index (Phi) is 7.09. The average Bonchev–Trinajstić information content (AvgIpc) is 3.59. The zero-order chi connectivity index (χ0) is 24.2. The number of benzene rings is 2. The number of nitrogens with one attached hydrogen (secondary N) is 2. The third-order valence-corrected chi connectivity index (χ3v) is 6.28. The molecule has 180 valence electrons. The Morgan fingerprint density at radius 1 is 0.971 bits per heavy atom. The molecular weight excluding hydrogens is 446 g/mol. The van der Waals surface area contributed by atoms with Crippen molar-refractivity contribution in [2.75, 3.05) is 6.61 Å². The molecule has 0 aromatic heterocycles. The first-order valence-corrected chi connectivity index (χ1v) is 11.2. The van der Waals surface area contributed by atoms with E-state index < -0.39 is 42.9 Å². The number of carbonyl (C=O) groups is 3. The SMILES string of the molecule is O=C(O)CC(NC(=O)C(CC(F)F)NC(=O)OCC1c2ccccc2-c2ccccc21)C1CC1. The molecule has 2 atom stereocenters. The van der Waals surface area contributed by atoms with Crippen LogP contribution < -0.4 is 10.6 Å². The van der Waals surface area contributed by atoms with Crippen molar-refractivity contribution in [3.8, 4) is 11.1 Å². The van der Waals surface area contributed by atoms with E-state index in [1.165, 1.54) is 0 Å². The van der Waals surface area contributed by atoms with Crippen LogP contribution in [0.15, 0.2) is 48.5 Å². The van der Waals surface area contributed by atoms with Gasteiger partial charge in [-0.15, -0.1) is 0 Å². The maximum absolute atomic E-state index is 13.1. The number of alkyl carbamates (subject to hydrolysis) is 1. The van der Waals surface area contributed by atoms with Gasteiger partial charge in [-0.25, -0.2) is 13.6 Å². The van der Waals surface area contributed by atoms with E-state index in [0.29, 0.717) is 0 Å². The molecule has 0 heterocycles. The Morgan fingerprint density at radius 2 is 1.56 bits per heavy atom. The summed E-state index contributed by atoms with van der Waals surface area (Å²) in [7, 11) is 0. The van der Waals surface area contributed by atoms with Crippen LogP contribution in [-0.4, -0.2) is 48.2 Å². The molecule has 2 aliphatic carbocycles. The van der Waals surface area contributed by atoms with Gasteiger partial charge in [0.1, 0.15) is 12.6 Å². The summed E-state index contributed by atoms with van der Waals surface area (Å²) in [5.41, 5.74) is 4.09. The minimum Gasteiger partial charge on any atom is -0.481 e. The summed E-state index contributed by atoms with van der Waals surface area (Å²) in [6.07, 6.45) is -3.51. The van der Waals surface area contributed by atoms with Gasteiger partial charge in [-0.2, -0.15) is 0 Å². The van der Waals surface area contributed by atoms with Gasteiger partial charge in [0.15, 0.2) is 0 Å². The molecule has 9 heteroatoms. The maximum Gasteiger partial charge on any atom is 0.407 e. The monoisotopic (exact) mass is 472 g/mol. The highest BCUT2D eigenvalue weighted by atomic mass is 19.3. The van der Waals surface area contributed by atoms with Crippen LogP contribution in [0.5, 0.6) is 0 Å². The van der Waals surface area contributed by atoms with E-state index >= 15 is 0 Å². The first-order valence-electron chi connectivity index (χ1n) is 11.2. The van der Waals surface area contributed by atoms with Crippen LogP contribution in [0.25, 0.3) is 11.1 Å². The van der Waals surface area contributed by atoms with Crippen LogP contribution in [0.2, 0.25) is 0 Å². The molecule has 7 nitrogen and oxygen atoms in total. The molecule has 0 radical (unpaired) electrons. The maximum atomic E-state index is 13.1. The second-order valence-corrected chi connectivity index (χ2v) is 8.70. The number of amides is 2. The molecule has 1 saturated carbocycles. The second-order valence-electron chi connectivity index (χ2n) is 8.70.